The number of aromatic nitrogens is 1. The van der Waals surface area contributed by atoms with Crippen molar-refractivity contribution >= 4 is 17.2 Å². The Morgan fingerprint density at radius 3 is 3.06 bits per heavy atom. The molecule has 1 N–H and O–H groups in total. The van der Waals surface area contributed by atoms with Crippen molar-refractivity contribution in [2.45, 2.75) is 26.7 Å². The second-order valence-electron chi connectivity index (χ2n) is 3.44. The van der Waals surface area contributed by atoms with E-state index in [0.29, 0.717) is 19.6 Å². The number of hydrogen-bond acceptors (Lipinski definition) is 4. The Labute approximate surface area is 100 Å². The summed E-state index contributed by atoms with van der Waals surface area (Å²) in [6, 6.07) is 0. The van der Waals surface area contributed by atoms with Gasteiger partial charge in [0, 0.05) is 25.1 Å². The Morgan fingerprint density at radius 1 is 1.62 bits per heavy atom. The zero-order valence-electron chi connectivity index (χ0n) is 9.78. The maximum absolute atomic E-state index is 11.5. The Hall–Kier alpha value is -0.940. The Morgan fingerprint density at radius 2 is 2.44 bits per heavy atom. The molecule has 0 saturated heterocycles. The molecule has 0 aliphatic carbocycles. The monoisotopic (exact) mass is 242 g/mol. The third kappa shape index (κ3) is 5.23. The van der Waals surface area contributed by atoms with Crippen LogP contribution in [0, 0.1) is 6.92 Å². The minimum absolute atomic E-state index is 0.0294. The Balaban J connectivity index is 2.11. The molecule has 1 rings (SSSR count). The number of thiazole rings is 1. The van der Waals surface area contributed by atoms with Crippen molar-refractivity contribution in [2.75, 3.05) is 19.8 Å². The maximum Gasteiger partial charge on any atom is 0.226 e. The van der Waals surface area contributed by atoms with Crippen molar-refractivity contribution < 1.29 is 9.53 Å². The molecule has 90 valence electrons. The van der Waals surface area contributed by atoms with E-state index in [1.165, 1.54) is 0 Å². The van der Waals surface area contributed by atoms with Crippen molar-refractivity contribution in [1.82, 2.24) is 10.3 Å². The fraction of sp³-hybridized carbons (Fsp3) is 0.636. The summed E-state index contributed by atoms with van der Waals surface area (Å²) in [5, 5.41) is 5.77. The number of hydrogen-bond donors (Lipinski definition) is 1. The predicted molar refractivity (Wildman–Crippen MR) is 64.7 cm³/mol. The van der Waals surface area contributed by atoms with Crippen molar-refractivity contribution in [1.29, 1.82) is 0 Å². The molecule has 0 radical (unpaired) electrons. The fourth-order valence-electron chi connectivity index (χ4n) is 1.26. The highest BCUT2D eigenvalue weighted by Gasteiger charge is 2.05. The quantitative estimate of drug-likeness (QED) is 0.738. The summed E-state index contributed by atoms with van der Waals surface area (Å²) >= 11 is 1.57. The van der Waals surface area contributed by atoms with Gasteiger partial charge in [-0.15, -0.1) is 11.3 Å². The highest BCUT2D eigenvalue weighted by atomic mass is 32.1. The number of ether oxygens (including phenoxy) is 1. The van der Waals surface area contributed by atoms with Crippen LogP contribution in [0.15, 0.2) is 5.38 Å². The highest BCUT2D eigenvalue weighted by molar-refractivity contribution is 7.09. The number of aryl methyl sites for hydroxylation is 1. The van der Waals surface area contributed by atoms with E-state index < -0.39 is 0 Å². The van der Waals surface area contributed by atoms with E-state index in [1.807, 2.05) is 19.2 Å². The lowest BCUT2D eigenvalue weighted by atomic mass is 10.3. The van der Waals surface area contributed by atoms with E-state index in [1.54, 1.807) is 11.3 Å². The van der Waals surface area contributed by atoms with Crippen LogP contribution >= 0.6 is 11.3 Å². The number of nitrogens with zero attached hydrogens (tertiary/aromatic N) is 1. The Kier molecular flexibility index (Phi) is 6.03. The molecule has 0 unspecified atom stereocenters. The molecule has 0 saturated carbocycles. The first-order chi connectivity index (χ1) is 7.72. The number of nitrogens with one attached hydrogen (secondary N) is 1. The molecule has 0 aromatic carbocycles. The average molecular weight is 242 g/mol. The lowest BCUT2D eigenvalue weighted by Crippen LogP contribution is -2.26. The van der Waals surface area contributed by atoms with Gasteiger partial charge in [-0.2, -0.15) is 0 Å². The summed E-state index contributed by atoms with van der Waals surface area (Å²) < 4.78 is 5.17. The number of carbonyl (C=O) groups is 1. The molecule has 1 heterocycles. The largest absolute Gasteiger partial charge is 0.382 e. The second kappa shape index (κ2) is 7.35. The van der Waals surface area contributed by atoms with Gasteiger partial charge in [-0.05, 0) is 20.3 Å². The summed E-state index contributed by atoms with van der Waals surface area (Å²) in [5.41, 5.74) is 0.852. The van der Waals surface area contributed by atoms with Gasteiger partial charge in [0.2, 0.25) is 5.91 Å². The van der Waals surface area contributed by atoms with Crippen LogP contribution in [0.25, 0.3) is 0 Å². The van der Waals surface area contributed by atoms with Crippen molar-refractivity contribution in [3.8, 4) is 0 Å². The van der Waals surface area contributed by atoms with Gasteiger partial charge in [-0.1, -0.05) is 0 Å². The summed E-state index contributed by atoms with van der Waals surface area (Å²) in [6.45, 7) is 6.00. The molecule has 1 amide bonds. The van der Waals surface area contributed by atoms with Crippen LogP contribution < -0.4 is 5.32 Å². The van der Waals surface area contributed by atoms with E-state index in [2.05, 4.69) is 10.3 Å². The SMILES string of the molecule is CCOCCCNC(=O)Cc1csc(C)n1. The third-order valence-corrected chi connectivity index (χ3v) is 2.82. The molecule has 5 heteroatoms. The minimum Gasteiger partial charge on any atom is -0.382 e. The number of carbonyl (C=O) groups excluding carboxylic acids is 1. The van der Waals surface area contributed by atoms with Crippen molar-refractivity contribution in [3.63, 3.8) is 0 Å². The van der Waals surface area contributed by atoms with Gasteiger partial charge < -0.3 is 10.1 Å². The topological polar surface area (TPSA) is 51.2 Å². The first-order valence-electron chi connectivity index (χ1n) is 5.47. The molecule has 0 aliphatic rings. The van der Waals surface area contributed by atoms with Crippen molar-refractivity contribution in [3.05, 3.63) is 16.1 Å². The molecular weight excluding hydrogens is 224 g/mol. The zero-order chi connectivity index (χ0) is 11.8. The van der Waals surface area contributed by atoms with Gasteiger partial charge in [0.15, 0.2) is 0 Å². The standard InChI is InChI=1S/C11H18N2O2S/c1-3-15-6-4-5-12-11(14)7-10-8-16-9(2)13-10/h8H,3-7H2,1-2H3,(H,12,14). The molecule has 1 aromatic heterocycles. The Bertz CT molecular complexity index is 326. The maximum atomic E-state index is 11.5. The lowest BCUT2D eigenvalue weighted by molar-refractivity contribution is -0.120. The van der Waals surface area contributed by atoms with E-state index in [9.17, 15) is 4.79 Å². The number of amides is 1. The molecule has 0 spiro atoms. The van der Waals surface area contributed by atoms with E-state index >= 15 is 0 Å². The summed E-state index contributed by atoms with van der Waals surface area (Å²) in [6.07, 6.45) is 1.23. The lowest BCUT2D eigenvalue weighted by Gasteiger charge is -2.03. The molecule has 0 atom stereocenters. The van der Waals surface area contributed by atoms with Crippen molar-refractivity contribution in [2.24, 2.45) is 0 Å². The molecule has 1 aromatic rings. The van der Waals surface area contributed by atoms with Crippen LogP contribution in [-0.2, 0) is 16.0 Å². The smallest absolute Gasteiger partial charge is 0.226 e. The van der Waals surface area contributed by atoms with E-state index in [4.69, 9.17) is 4.74 Å². The fourth-order valence-corrected chi connectivity index (χ4v) is 1.88. The molecule has 0 fully saturated rings. The van der Waals surface area contributed by atoms with Crippen LogP contribution in [0.3, 0.4) is 0 Å². The zero-order valence-corrected chi connectivity index (χ0v) is 10.6. The van der Waals surface area contributed by atoms with Crippen LogP contribution in [-0.4, -0.2) is 30.6 Å². The third-order valence-electron chi connectivity index (χ3n) is 2.00. The summed E-state index contributed by atoms with van der Waals surface area (Å²) in [4.78, 5) is 15.7. The van der Waals surface area contributed by atoms with E-state index in [-0.39, 0.29) is 5.91 Å². The minimum atomic E-state index is 0.0294. The molecule has 4 nitrogen and oxygen atoms in total. The van der Waals surface area contributed by atoms with Crippen LogP contribution in [0.1, 0.15) is 24.0 Å². The predicted octanol–water partition coefficient (Wildman–Crippen LogP) is 1.54. The van der Waals surface area contributed by atoms with Crippen LogP contribution in [0.4, 0.5) is 0 Å². The highest BCUT2D eigenvalue weighted by Crippen LogP contribution is 2.07. The normalized spacial score (nSPS) is 10.4. The van der Waals surface area contributed by atoms with Gasteiger partial charge in [-0.25, -0.2) is 4.98 Å². The first-order valence-corrected chi connectivity index (χ1v) is 6.35. The molecule has 0 aliphatic heterocycles. The average Bonchev–Trinajstić information content (AvgIpc) is 2.63. The van der Waals surface area contributed by atoms with E-state index in [0.717, 1.165) is 23.7 Å². The van der Waals surface area contributed by atoms with Gasteiger partial charge >= 0.3 is 0 Å². The van der Waals surface area contributed by atoms with Gasteiger partial charge in [-0.3, -0.25) is 4.79 Å². The summed E-state index contributed by atoms with van der Waals surface area (Å²) in [7, 11) is 0. The first kappa shape index (κ1) is 13.1. The van der Waals surface area contributed by atoms with Gasteiger partial charge in [0.05, 0.1) is 17.1 Å². The van der Waals surface area contributed by atoms with Crippen LogP contribution in [0.2, 0.25) is 0 Å². The summed E-state index contributed by atoms with van der Waals surface area (Å²) in [5.74, 6) is 0.0294. The molecule has 16 heavy (non-hydrogen) atoms. The molecular formula is C11H18N2O2S. The molecule has 0 bridgehead atoms. The van der Waals surface area contributed by atoms with Crippen LogP contribution in [0.5, 0.6) is 0 Å². The van der Waals surface area contributed by atoms with Gasteiger partial charge in [0.25, 0.3) is 0 Å². The number of rotatable bonds is 7. The second-order valence-corrected chi connectivity index (χ2v) is 4.50. The van der Waals surface area contributed by atoms with Gasteiger partial charge in [0.1, 0.15) is 0 Å².